The molecule has 0 amide bonds. The standard InChI is InChI=1S/C18H28N6O2.HI/c1-7-19-18(20-10-17-21-12-22-24(17)4)23(3)11-14-9-16(26-6)15(25-5)8-13(14)2;/h8-9,12H,7,10-11H2,1-6H3,(H,19,20);1H. The molecule has 0 bridgehead atoms. The first-order chi connectivity index (χ1) is 12.5. The number of halogens is 1. The van der Waals surface area contributed by atoms with Gasteiger partial charge in [-0.15, -0.1) is 24.0 Å². The fourth-order valence-electron chi connectivity index (χ4n) is 2.60. The molecule has 150 valence electrons. The van der Waals surface area contributed by atoms with Crippen molar-refractivity contribution in [2.45, 2.75) is 26.9 Å². The summed E-state index contributed by atoms with van der Waals surface area (Å²) in [4.78, 5) is 11.0. The lowest BCUT2D eigenvalue weighted by Gasteiger charge is -2.23. The van der Waals surface area contributed by atoms with E-state index >= 15 is 0 Å². The van der Waals surface area contributed by atoms with E-state index in [1.807, 2.05) is 33.2 Å². The number of ether oxygens (including phenoxy) is 2. The number of rotatable bonds is 7. The fourth-order valence-corrected chi connectivity index (χ4v) is 2.60. The van der Waals surface area contributed by atoms with Crippen LogP contribution in [0.4, 0.5) is 0 Å². The number of nitrogens with zero attached hydrogens (tertiary/aromatic N) is 5. The van der Waals surface area contributed by atoms with Crippen LogP contribution >= 0.6 is 24.0 Å². The monoisotopic (exact) mass is 488 g/mol. The predicted molar refractivity (Wildman–Crippen MR) is 117 cm³/mol. The van der Waals surface area contributed by atoms with Crippen molar-refractivity contribution in [3.63, 3.8) is 0 Å². The van der Waals surface area contributed by atoms with Crippen LogP contribution in [0.5, 0.6) is 11.5 Å². The Morgan fingerprint density at radius 2 is 1.93 bits per heavy atom. The molecular formula is C18H29IN6O2. The van der Waals surface area contributed by atoms with Crippen molar-refractivity contribution in [1.82, 2.24) is 25.0 Å². The second kappa shape index (κ2) is 11.0. The Balaban J connectivity index is 0.00000364. The number of benzene rings is 1. The molecule has 2 aromatic rings. The summed E-state index contributed by atoms with van der Waals surface area (Å²) < 4.78 is 12.5. The molecule has 2 rings (SSSR count). The van der Waals surface area contributed by atoms with Gasteiger partial charge in [0, 0.05) is 27.2 Å². The van der Waals surface area contributed by atoms with Crippen LogP contribution in [0.25, 0.3) is 0 Å². The summed E-state index contributed by atoms with van der Waals surface area (Å²) >= 11 is 0. The maximum atomic E-state index is 5.42. The molecule has 0 aliphatic heterocycles. The van der Waals surface area contributed by atoms with Gasteiger partial charge in [-0.05, 0) is 37.1 Å². The number of aromatic nitrogens is 3. The summed E-state index contributed by atoms with van der Waals surface area (Å²) in [7, 11) is 7.16. The van der Waals surface area contributed by atoms with Gasteiger partial charge in [-0.25, -0.2) is 9.98 Å². The maximum absolute atomic E-state index is 5.42. The Labute approximate surface area is 178 Å². The highest BCUT2D eigenvalue weighted by Gasteiger charge is 2.13. The highest BCUT2D eigenvalue weighted by molar-refractivity contribution is 14.0. The van der Waals surface area contributed by atoms with Crippen LogP contribution in [0.3, 0.4) is 0 Å². The predicted octanol–water partition coefficient (Wildman–Crippen LogP) is 2.36. The average Bonchev–Trinajstić information content (AvgIpc) is 3.04. The lowest BCUT2D eigenvalue weighted by Crippen LogP contribution is -2.38. The Kier molecular flexibility index (Phi) is 9.33. The first-order valence-electron chi connectivity index (χ1n) is 8.53. The normalized spacial score (nSPS) is 11.0. The number of guanidine groups is 1. The van der Waals surface area contributed by atoms with Crippen LogP contribution in [0.1, 0.15) is 23.9 Å². The molecule has 9 heteroatoms. The van der Waals surface area contributed by atoms with Crippen molar-refractivity contribution in [2.24, 2.45) is 12.0 Å². The number of aryl methyl sites for hydroxylation is 2. The minimum atomic E-state index is 0. The van der Waals surface area contributed by atoms with Gasteiger partial charge >= 0.3 is 0 Å². The number of methoxy groups -OCH3 is 2. The molecule has 0 aliphatic rings. The molecule has 8 nitrogen and oxygen atoms in total. The van der Waals surface area contributed by atoms with E-state index < -0.39 is 0 Å². The van der Waals surface area contributed by atoms with Gasteiger partial charge in [-0.3, -0.25) is 4.68 Å². The van der Waals surface area contributed by atoms with Crippen LogP contribution in [0, 0.1) is 6.92 Å². The Morgan fingerprint density at radius 3 is 2.48 bits per heavy atom. The third-order valence-corrected chi connectivity index (χ3v) is 4.12. The lowest BCUT2D eigenvalue weighted by atomic mass is 10.1. The maximum Gasteiger partial charge on any atom is 0.194 e. The average molecular weight is 488 g/mol. The van der Waals surface area contributed by atoms with Crippen molar-refractivity contribution in [1.29, 1.82) is 0 Å². The minimum Gasteiger partial charge on any atom is -0.493 e. The summed E-state index contributed by atoms with van der Waals surface area (Å²) in [5.41, 5.74) is 2.29. The minimum absolute atomic E-state index is 0. The third kappa shape index (κ3) is 5.98. The number of hydrogen-bond donors (Lipinski definition) is 1. The number of hydrogen-bond acceptors (Lipinski definition) is 5. The molecule has 1 aromatic heterocycles. The van der Waals surface area contributed by atoms with Gasteiger partial charge in [-0.1, -0.05) is 0 Å². The van der Waals surface area contributed by atoms with Gasteiger partial charge in [0.25, 0.3) is 0 Å². The second-order valence-corrected chi connectivity index (χ2v) is 5.96. The Hall–Kier alpha value is -2.04. The Bertz CT molecular complexity index is 762. The molecular weight excluding hydrogens is 459 g/mol. The smallest absolute Gasteiger partial charge is 0.194 e. The van der Waals surface area contributed by atoms with Crippen LogP contribution in [0.2, 0.25) is 0 Å². The second-order valence-electron chi connectivity index (χ2n) is 5.96. The molecule has 1 N–H and O–H groups in total. The Morgan fingerprint density at radius 1 is 1.26 bits per heavy atom. The number of nitrogens with one attached hydrogen (secondary N) is 1. The fraction of sp³-hybridized carbons (Fsp3) is 0.500. The van der Waals surface area contributed by atoms with E-state index in [9.17, 15) is 0 Å². The van der Waals surface area contributed by atoms with Crippen molar-refractivity contribution >= 4 is 29.9 Å². The zero-order valence-electron chi connectivity index (χ0n) is 16.8. The number of aliphatic imine (C=N–C) groups is 1. The molecule has 1 heterocycles. The first kappa shape index (κ1) is 23.0. The van der Waals surface area contributed by atoms with Crippen molar-refractivity contribution < 1.29 is 9.47 Å². The van der Waals surface area contributed by atoms with Gasteiger partial charge in [0.15, 0.2) is 17.5 Å². The molecule has 0 aliphatic carbocycles. The summed E-state index contributed by atoms with van der Waals surface area (Å²) in [5.74, 6) is 3.09. The van der Waals surface area contributed by atoms with Crippen molar-refractivity contribution in [3.8, 4) is 11.5 Å². The zero-order chi connectivity index (χ0) is 19.1. The quantitative estimate of drug-likeness (QED) is 0.367. The van der Waals surface area contributed by atoms with Gasteiger partial charge < -0.3 is 19.7 Å². The topological polar surface area (TPSA) is 76.8 Å². The van der Waals surface area contributed by atoms with Crippen LogP contribution in [-0.4, -0.2) is 53.4 Å². The van der Waals surface area contributed by atoms with E-state index in [4.69, 9.17) is 9.47 Å². The summed E-state index contributed by atoms with van der Waals surface area (Å²) in [5, 5.41) is 7.39. The molecule has 0 radical (unpaired) electrons. The zero-order valence-corrected chi connectivity index (χ0v) is 19.1. The molecule has 0 unspecified atom stereocenters. The van der Waals surface area contributed by atoms with E-state index in [0.29, 0.717) is 13.1 Å². The molecule has 0 atom stereocenters. The molecule has 0 saturated heterocycles. The first-order valence-corrected chi connectivity index (χ1v) is 8.53. The van der Waals surface area contributed by atoms with E-state index in [1.165, 1.54) is 6.33 Å². The largest absolute Gasteiger partial charge is 0.493 e. The van der Waals surface area contributed by atoms with Gasteiger partial charge in [0.2, 0.25) is 0 Å². The summed E-state index contributed by atoms with van der Waals surface area (Å²) in [6, 6.07) is 4.00. The van der Waals surface area contributed by atoms with Crippen LogP contribution in [0.15, 0.2) is 23.5 Å². The third-order valence-electron chi connectivity index (χ3n) is 4.12. The van der Waals surface area contributed by atoms with Gasteiger partial charge in [0.05, 0.1) is 14.2 Å². The van der Waals surface area contributed by atoms with Gasteiger partial charge in [-0.2, -0.15) is 5.10 Å². The summed E-state index contributed by atoms with van der Waals surface area (Å²) in [6.07, 6.45) is 1.54. The highest BCUT2D eigenvalue weighted by atomic mass is 127. The van der Waals surface area contributed by atoms with Crippen LogP contribution in [-0.2, 0) is 20.1 Å². The molecule has 0 spiro atoms. The van der Waals surface area contributed by atoms with E-state index in [2.05, 4.69) is 32.2 Å². The van der Waals surface area contributed by atoms with E-state index in [0.717, 1.165) is 41.0 Å². The SMILES string of the molecule is CCNC(=NCc1ncnn1C)N(C)Cc1cc(OC)c(OC)cc1C.I. The highest BCUT2D eigenvalue weighted by Crippen LogP contribution is 2.30. The summed E-state index contributed by atoms with van der Waals surface area (Å²) in [6.45, 7) is 6.06. The van der Waals surface area contributed by atoms with Gasteiger partial charge in [0.1, 0.15) is 18.7 Å². The van der Waals surface area contributed by atoms with E-state index in [1.54, 1.807) is 18.9 Å². The molecule has 0 saturated carbocycles. The molecule has 0 fully saturated rings. The van der Waals surface area contributed by atoms with Crippen molar-refractivity contribution in [3.05, 3.63) is 35.4 Å². The van der Waals surface area contributed by atoms with Crippen LogP contribution < -0.4 is 14.8 Å². The lowest BCUT2D eigenvalue weighted by molar-refractivity contribution is 0.353. The molecule has 27 heavy (non-hydrogen) atoms. The van der Waals surface area contributed by atoms with E-state index in [-0.39, 0.29) is 24.0 Å². The molecule has 1 aromatic carbocycles. The van der Waals surface area contributed by atoms with Crippen molar-refractivity contribution in [2.75, 3.05) is 27.8 Å².